The highest BCUT2D eigenvalue weighted by Crippen LogP contribution is 2.27. The lowest BCUT2D eigenvalue weighted by Crippen LogP contribution is -2.39. The van der Waals surface area contributed by atoms with Crippen LogP contribution in [0.2, 0.25) is 5.02 Å². The highest BCUT2D eigenvalue weighted by atomic mass is 35.5. The van der Waals surface area contributed by atoms with Crippen molar-refractivity contribution in [3.8, 4) is 11.3 Å². The molecular formula is C16H19ClN4O. The van der Waals surface area contributed by atoms with Crippen molar-refractivity contribution in [2.45, 2.75) is 25.3 Å². The molecule has 2 aromatic rings. The summed E-state index contributed by atoms with van der Waals surface area (Å²) in [6.07, 6.45) is 4.73. The summed E-state index contributed by atoms with van der Waals surface area (Å²) in [5.74, 6) is 0.250. The van der Waals surface area contributed by atoms with Crippen molar-refractivity contribution in [1.82, 2.24) is 15.5 Å². The number of aromatic nitrogens is 2. The molecule has 0 spiro atoms. The van der Waals surface area contributed by atoms with E-state index in [4.69, 9.17) is 17.3 Å². The van der Waals surface area contributed by atoms with E-state index < -0.39 is 0 Å². The molecule has 0 saturated heterocycles. The maximum Gasteiger partial charge on any atom is 0.255 e. The minimum atomic E-state index is -0.117. The molecule has 1 aliphatic carbocycles. The van der Waals surface area contributed by atoms with Crippen molar-refractivity contribution in [3.63, 3.8) is 0 Å². The van der Waals surface area contributed by atoms with Gasteiger partial charge in [-0.3, -0.25) is 9.89 Å². The maximum absolute atomic E-state index is 12.6. The Morgan fingerprint density at radius 3 is 3.09 bits per heavy atom. The second-order valence-electron chi connectivity index (χ2n) is 5.68. The lowest BCUT2D eigenvalue weighted by Gasteiger charge is -2.19. The monoisotopic (exact) mass is 318 g/mol. The van der Waals surface area contributed by atoms with Crippen LogP contribution in [0.1, 0.15) is 29.6 Å². The average molecular weight is 319 g/mol. The number of aromatic amines is 1. The number of benzene rings is 1. The molecule has 0 bridgehead atoms. The molecule has 1 saturated carbocycles. The fraction of sp³-hybridized carbons (Fsp3) is 0.375. The topological polar surface area (TPSA) is 83.8 Å². The third-order valence-corrected chi connectivity index (χ3v) is 4.51. The number of amides is 1. The Balaban J connectivity index is 1.81. The first-order chi connectivity index (χ1) is 10.7. The molecule has 5 nitrogen and oxygen atoms in total. The highest BCUT2D eigenvalue weighted by molar-refractivity contribution is 6.30. The van der Waals surface area contributed by atoms with E-state index in [0.717, 1.165) is 24.8 Å². The molecule has 1 amide bonds. The predicted octanol–water partition coefficient (Wildman–Crippen LogP) is 2.59. The van der Waals surface area contributed by atoms with Crippen LogP contribution in [-0.2, 0) is 0 Å². The summed E-state index contributed by atoms with van der Waals surface area (Å²) in [5, 5.41) is 10.6. The van der Waals surface area contributed by atoms with E-state index in [2.05, 4.69) is 15.5 Å². The van der Waals surface area contributed by atoms with Crippen LogP contribution >= 0.6 is 11.6 Å². The summed E-state index contributed by atoms with van der Waals surface area (Å²) in [4.78, 5) is 12.6. The normalized spacial score (nSPS) is 21.0. The van der Waals surface area contributed by atoms with Gasteiger partial charge in [-0.1, -0.05) is 30.2 Å². The second-order valence-corrected chi connectivity index (χ2v) is 6.11. The van der Waals surface area contributed by atoms with Crippen LogP contribution < -0.4 is 11.1 Å². The molecule has 1 fully saturated rings. The molecule has 2 unspecified atom stereocenters. The fourth-order valence-electron chi connectivity index (χ4n) is 3.08. The maximum atomic E-state index is 12.6. The first-order valence-corrected chi connectivity index (χ1v) is 7.87. The third-order valence-electron chi connectivity index (χ3n) is 4.28. The third kappa shape index (κ3) is 3.00. The molecule has 3 rings (SSSR count). The summed E-state index contributed by atoms with van der Waals surface area (Å²) >= 11 is 6.02. The van der Waals surface area contributed by atoms with E-state index in [9.17, 15) is 4.79 Å². The van der Waals surface area contributed by atoms with Crippen molar-refractivity contribution in [2.75, 3.05) is 6.54 Å². The Bertz CT molecular complexity index is 670. The van der Waals surface area contributed by atoms with Crippen LogP contribution in [0.3, 0.4) is 0 Å². The van der Waals surface area contributed by atoms with Crippen molar-refractivity contribution in [3.05, 3.63) is 41.0 Å². The molecule has 1 heterocycles. The van der Waals surface area contributed by atoms with Gasteiger partial charge >= 0.3 is 0 Å². The minimum absolute atomic E-state index is 0.117. The van der Waals surface area contributed by atoms with Gasteiger partial charge < -0.3 is 11.1 Å². The molecule has 1 aromatic heterocycles. The molecule has 2 atom stereocenters. The average Bonchev–Trinajstić information content (AvgIpc) is 3.15. The number of nitrogens with two attached hydrogens (primary N) is 1. The van der Waals surface area contributed by atoms with Gasteiger partial charge in [0.25, 0.3) is 5.91 Å². The van der Waals surface area contributed by atoms with Crippen LogP contribution in [0.25, 0.3) is 11.3 Å². The van der Waals surface area contributed by atoms with Gasteiger partial charge in [-0.05, 0) is 37.4 Å². The Morgan fingerprint density at radius 1 is 1.45 bits per heavy atom. The van der Waals surface area contributed by atoms with Crippen LogP contribution in [0.5, 0.6) is 0 Å². The van der Waals surface area contributed by atoms with Gasteiger partial charge in [0.15, 0.2) is 0 Å². The summed E-state index contributed by atoms with van der Waals surface area (Å²) in [7, 11) is 0. The fourth-order valence-corrected chi connectivity index (χ4v) is 3.27. The quantitative estimate of drug-likeness (QED) is 0.810. The first kappa shape index (κ1) is 15.1. The van der Waals surface area contributed by atoms with Crippen molar-refractivity contribution >= 4 is 17.5 Å². The van der Waals surface area contributed by atoms with E-state index in [1.165, 1.54) is 0 Å². The number of rotatable bonds is 4. The van der Waals surface area contributed by atoms with E-state index in [-0.39, 0.29) is 11.9 Å². The first-order valence-electron chi connectivity index (χ1n) is 7.49. The van der Waals surface area contributed by atoms with Gasteiger partial charge in [0, 0.05) is 16.6 Å². The van der Waals surface area contributed by atoms with Crippen molar-refractivity contribution in [2.24, 2.45) is 11.7 Å². The van der Waals surface area contributed by atoms with E-state index >= 15 is 0 Å². The van der Waals surface area contributed by atoms with Crippen LogP contribution in [-0.4, -0.2) is 28.7 Å². The standard InChI is InChI=1S/C16H19ClN4O/c17-12-5-1-3-10(7-12)15-13(9-19-21-15)16(22)20-14-6-2-4-11(14)8-18/h1,3,5,7,9,11,14H,2,4,6,8,18H2,(H,19,21)(H,20,22). The van der Waals surface area contributed by atoms with Gasteiger partial charge in [-0.2, -0.15) is 5.10 Å². The summed E-state index contributed by atoms with van der Waals surface area (Å²) < 4.78 is 0. The zero-order valence-electron chi connectivity index (χ0n) is 12.2. The minimum Gasteiger partial charge on any atom is -0.349 e. The number of carbonyl (C=O) groups excluding carboxylic acids is 1. The molecule has 4 N–H and O–H groups in total. The van der Waals surface area contributed by atoms with Crippen molar-refractivity contribution in [1.29, 1.82) is 0 Å². The molecule has 22 heavy (non-hydrogen) atoms. The Kier molecular flexibility index (Phi) is 4.45. The van der Waals surface area contributed by atoms with Crippen LogP contribution in [0, 0.1) is 5.92 Å². The number of nitrogens with zero attached hydrogens (tertiary/aromatic N) is 1. The Hall–Kier alpha value is -1.85. The molecule has 0 radical (unpaired) electrons. The number of carbonyl (C=O) groups is 1. The van der Waals surface area contributed by atoms with Crippen molar-refractivity contribution < 1.29 is 4.79 Å². The molecule has 0 aliphatic heterocycles. The SMILES string of the molecule is NCC1CCCC1NC(=O)c1cn[nH]c1-c1cccc(Cl)c1. The van der Waals surface area contributed by atoms with Gasteiger partial charge in [0.2, 0.25) is 0 Å². The number of nitrogens with one attached hydrogen (secondary N) is 2. The lowest BCUT2D eigenvalue weighted by atomic mass is 10.0. The van der Waals surface area contributed by atoms with Crippen LogP contribution in [0.15, 0.2) is 30.5 Å². The second kappa shape index (κ2) is 6.50. The van der Waals surface area contributed by atoms with E-state index in [1.54, 1.807) is 12.3 Å². The summed E-state index contributed by atoms with van der Waals surface area (Å²) in [5.41, 5.74) is 7.83. The number of H-pyrrole nitrogens is 1. The van der Waals surface area contributed by atoms with E-state index in [0.29, 0.717) is 28.7 Å². The van der Waals surface area contributed by atoms with Gasteiger partial charge in [-0.25, -0.2) is 0 Å². The summed E-state index contributed by atoms with van der Waals surface area (Å²) in [6, 6.07) is 7.51. The number of halogens is 1. The Labute approximate surface area is 134 Å². The molecule has 6 heteroatoms. The van der Waals surface area contributed by atoms with E-state index in [1.807, 2.05) is 18.2 Å². The molecule has 1 aliphatic rings. The molecule has 116 valence electrons. The smallest absolute Gasteiger partial charge is 0.255 e. The van der Waals surface area contributed by atoms with Crippen LogP contribution in [0.4, 0.5) is 0 Å². The highest BCUT2D eigenvalue weighted by Gasteiger charge is 2.28. The van der Waals surface area contributed by atoms with Gasteiger partial charge in [-0.15, -0.1) is 0 Å². The van der Waals surface area contributed by atoms with Gasteiger partial charge in [0.1, 0.15) is 0 Å². The van der Waals surface area contributed by atoms with Gasteiger partial charge in [0.05, 0.1) is 17.5 Å². The zero-order valence-corrected chi connectivity index (χ0v) is 12.9. The largest absolute Gasteiger partial charge is 0.349 e. The summed E-state index contributed by atoms with van der Waals surface area (Å²) in [6.45, 7) is 0.609. The Morgan fingerprint density at radius 2 is 2.32 bits per heavy atom. The number of hydrogen-bond donors (Lipinski definition) is 3. The molecular weight excluding hydrogens is 300 g/mol. The number of hydrogen-bond acceptors (Lipinski definition) is 3. The zero-order chi connectivity index (χ0) is 15.5. The predicted molar refractivity (Wildman–Crippen MR) is 86.7 cm³/mol. The molecule has 1 aromatic carbocycles. The lowest BCUT2D eigenvalue weighted by molar-refractivity contribution is 0.0929.